The molecular weight excluding hydrogens is 857 g/mol. The lowest BCUT2D eigenvalue weighted by Crippen LogP contribution is -2.09. The minimum Gasteiger partial charge on any atom is -0.455 e. The van der Waals surface area contributed by atoms with Gasteiger partial charge in [0.25, 0.3) is 0 Å². The van der Waals surface area contributed by atoms with Crippen LogP contribution in [0.15, 0.2) is 209 Å². The fraction of sp³-hybridized carbons (Fsp3) is 0.0469. The van der Waals surface area contributed by atoms with E-state index in [9.17, 15) is 0 Å². The third-order valence-corrected chi connectivity index (χ3v) is 13.9. The first-order valence-corrected chi connectivity index (χ1v) is 23.8. The van der Waals surface area contributed by atoms with Crippen molar-refractivity contribution in [2.24, 2.45) is 0 Å². The van der Waals surface area contributed by atoms with Crippen molar-refractivity contribution in [1.82, 2.24) is 19.5 Å². The second kappa shape index (κ2) is 16.2. The summed E-state index contributed by atoms with van der Waals surface area (Å²) in [6.07, 6.45) is 13.2. The van der Waals surface area contributed by atoms with Gasteiger partial charge in [0.05, 0.1) is 22.3 Å². The minimum atomic E-state index is 0.499. The molecule has 328 valence electrons. The Morgan fingerprint density at radius 3 is 1.80 bits per heavy atom. The van der Waals surface area contributed by atoms with Gasteiger partial charge in [-0.25, -0.2) is 15.0 Å². The average molecular weight is 897 g/mol. The molecule has 4 aromatic heterocycles. The quantitative estimate of drug-likeness (QED) is 0.149. The van der Waals surface area contributed by atoms with E-state index in [2.05, 4.69) is 168 Å². The van der Waals surface area contributed by atoms with E-state index in [-0.39, 0.29) is 0 Å². The molecule has 70 heavy (non-hydrogen) atoms. The summed E-state index contributed by atoms with van der Waals surface area (Å²) in [4.78, 5) is 16.2. The standard InChI is InChI=1S/C64H40N4O2/c1-2-6-22-41(21-5-1)52-38-44(39-53(42-23-9-4-10-24-42)59(52)68-55-32-14-11-25-45(55)54-37-43(35-36-56(54)68)40-19-7-3-8-20-40)62-65-63(50-30-17-28-48-46-26-12-15-33-57(46)69-60(48)50)67-64(66-62)51-31-18-29-49-47-27-13-16-34-58(47)70-61(49)51/h1,3-5,7-13,15-21,23-31,33-39H,14,22,32H2. The van der Waals surface area contributed by atoms with E-state index in [1.807, 2.05) is 54.6 Å². The Balaban J connectivity index is 1.07. The van der Waals surface area contributed by atoms with Gasteiger partial charge in [-0.3, -0.25) is 0 Å². The maximum Gasteiger partial charge on any atom is 0.167 e. The molecule has 14 rings (SSSR count). The smallest absolute Gasteiger partial charge is 0.167 e. The maximum atomic E-state index is 6.64. The highest BCUT2D eigenvalue weighted by molar-refractivity contribution is 6.11. The third-order valence-electron chi connectivity index (χ3n) is 13.9. The monoisotopic (exact) mass is 896 g/mol. The van der Waals surface area contributed by atoms with Crippen LogP contribution in [-0.4, -0.2) is 19.5 Å². The molecule has 0 unspecified atom stereocenters. The van der Waals surface area contributed by atoms with Crippen LogP contribution >= 0.6 is 0 Å². The number of para-hydroxylation sites is 4. The van der Waals surface area contributed by atoms with E-state index in [0.29, 0.717) is 23.9 Å². The summed E-state index contributed by atoms with van der Waals surface area (Å²) in [7, 11) is 0. The zero-order valence-corrected chi connectivity index (χ0v) is 37.9. The van der Waals surface area contributed by atoms with Crippen molar-refractivity contribution in [3.63, 3.8) is 0 Å². The first-order valence-electron chi connectivity index (χ1n) is 23.8. The lowest BCUT2D eigenvalue weighted by atomic mass is 9.91. The number of rotatable bonds is 7. The molecular formula is C64H40N4O2. The predicted octanol–water partition coefficient (Wildman–Crippen LogP) is 16.3. The van der Waals surface area contributed by atoms with Crippen molar-refractivity contribution in [3.05, 3.63) is 217 Å². The SMILES string of the molecule is C1#CCC(c2cc(-c3nc(-c4cccc5c4oc4ccccc45)nc(-c4cccc5c4oc4ccccc45)n3)cc(-c3ccccc3)c2-n2c3c(c4cc(-c5ccccc5)ccc42)C=CCC3)=CC=C1. The predicted molar refractivity (Wildman–Crippen MR) is 285 cm³/mol. The molecule has 2 aliphatic carbocycles. The van der Waals surface area contributed by atoms with E-state index in [0.717, 1.165) is 107 Å². The summed E-state index contributed by atoms with van der Waals surface area (Å²) in [5.41, 5.74) is 16.9. The van der Waals surface area contributed by atoms with E-state index in [4.69, 9.17) is 23.8 Å². The highest BCUT2D eigenvalue weighted by Gasteiger charge is 2.27. The van der Waals surface area contributed by atoms with Crippen LogP contribution in [-0.2, 0) is 6.42 Å². The molecule has 2 aliphatic rings. The van der Waals surface area contributed by atoms with Gasteiger partial charge in [0.15, 0.2) is 17.5 Å². The van der Waals surface area contributed by atoms with Gasteiger partial charge in [-0.1, -0.05) is 164 Å². The summed E-state index contributed by atoms with van der Waals surface area (Å²) in [6, 6.07) is 61.5. The van der Waals surface area contributed by atoms with Gasteiger partial charge < -0.3 is 13.4 Å². The second-order valence-corrected chi connectivity index (χ2v) is 17.9. The molecule has 6 heteroatoms. The lowest BCUT2D eigenvalue weighted by Gasteiger charge is -2.23. The van der Waals surface area contributed by atoms with Gasteiger partial charge in [-0.2, -0.15) is 0 Å². The van der Waals surface area contributed by atoms with E-state index in [1.54, 1.807) is 0 Å². The van der Waals surface area contributed by atoms with Crippen LogP contribution in [0.25, 0.3) is 129 Å². The molecule has 8 aromatic carbocycles. The van der Waals surface area contributed by atoms with Crippen LogP contribution in [0.2, 0.25) is 0 Å². The zero-order chi connectivity index (χ0) is 46.1. The molecule has 0 fully saturated rings. The molecule has 12 aromatic rings. The molecule has 0 bridgehead atoms. The second-order valence-electron chi connectivity index (χ2n) is 17.9. The summed E-state index contributed by atoms with van der Waals surface area (Å²) in [5.74, 6) is 8.21. The molecule has 0 aliphatic heterocycles. The Labute approximate surface area is 403 Å². The van der Waals surface area contributed by atoms with Crippen molar-refractivity contribution >= 4 is 66.4 Å². The zero-order valence-electron chi connectivity index (χ0n) is 37.9. The number of allylic oxidation sites excluding steroid dienone is 5. The van der Waals surface area contributed by atoms with Crippen molar-refractivity contribution in [3.8, 4) is 73.9 Å². The largest absolute Gasteiger partial charge is 0.455 e. The fourth-order valence-electron chi connectivity index (χ4n) is 10.6. The Kier molecular flexibility index (Phi) is 9.21. The highest BCUT2D eigenvalue weighted by Crippen LogP contribution is 2.45. The third kappa shape index (κ3) is 6.47. The lowest BCUT2D eigenvalue weighted by molar-refractivity contribution is 0.669. The summed E-state index contributed by atoms with van der Waals surface area (Å²) < 4.78 is 15.8. The van der Waals surface area contributed by atoms with Gasteiger partial charge >= 0.3 is 0 Å². The van der Waals surface area contributed by atoms with Gasteiger partial charge in [-0.15, -0.1) is 0 Å². The van der Waals surface area contributed by atoms with Crippen LogP contribution in [0.4, 0.5) is 0 Å². The Morgan fingerprint density at radius 2 is 1.10 bits per heavy atom. The number of hydrogen-bond donors (Lipinski definition) is 0. The molecule has 0 spiro atoms. The van der Waals surface area contributed by atoms with E-state index >= 15 is 0 Å². The van der Waals surface area contributed by atoms with Gasteiger partial charge in [0.2, 0.25) is 0 Å². The molecule has 0 saturated heterocycles. The minimum absolute atomic E-state index is 0.499. The number of nitrogens with zero attached hydrogens (tertiary/aromatic N) is 4. The fourth-order valence-corrected chi connectivity index (χ4v) is 10.6. The molecule has 0 atom stereocenters. The van der Waals surface area contributed by atoms with E-state index < -0.39 is 0 Å². The van der Waals surface area contributed by atoms with Crippen LogP contribution in [0, 0.1) is 11.8 Å². The average Bonchev–Trinajstić information content (AvgIpc) is 4.02. The van der Waals surface area contributed by atoms with Crippen molar-refractivity contribution in [2.75, 3.05) is 0 Å². The molecule has 0 amide bonds. The van der Waals surface area contributed by atoms with Crippen LogP contribution in [0.1, 0.15) is 29.7 Å². The molecule has 0 N–H and O–H groups in total. The molecule has 0 saturated carbocycles. The molecule has 4 heterocycles. The number of hydrogen-bond acceptors (Lipinski definition) is 5. The Hall–Kier alpha value is -9.31. The van der Waals surface area contributed by atoms with Crippen LogP contribution in [0.3, 0.4) is 0 Å². The normalized spacial score (nSPS) is 13.2. The number of aromatic nitrogens is 4. The summed E-state index contributed by atoms with van der Waals surface area (Å²) in [5, 5.41) is 5.29. The van der Waals surface area contributed by atoms with Crippen LogP contribution < -0.4 is 0 Å². The summed E-state index contributed by atoms with van der Waals surface area (Å²) in [6.45, 7) is 0. The molecule has 0 radical (unpaired) electrons. The number of fused-ring (bicyclic) bond motifs is 9. The van der Waals surface area contributed by atoms with Crippen molar-refractivity contribution in [1.29, 1.82) is 0 Å². The first-order chi connectivity index (χ1) is 34.7. The number of furan rings is 2. The van der Waals surface area contributed by atoms with Gasteiger partial charge in [0, 0.05) is 61.3 Å². The first kappa shape index (κ1) is 39.8. The van der Waals surface area contributed by atoms with Crippen molar-refractivity contribution in [2.45, 2.75) is 19.3 Å². The number of benzene rings is 8. The van der Waals surface area contributed by atoms with Crippen molar-refractivity contribution < 1.29 is 8.83 Å². The maximum absolute atomic E-state index is 6.64. The summed E-state index contributed by atoms with van der Waals surface area (Å²) >= 11 is 0. The highest BCUT2D eigenvalue weighted by atomic mass is 16.3. The Morgan fingerprint density at radius 1 is 0.486 bits per heavy atom. The van der Waals surface area contributed by atoms with Gasteiger partial charge in [-0.05, 0) is 89.7 Å². The van der Waals surface area contributed by atoms with E-state index in [1.165, 1.54) is 27.8 Å². The topological polar surface area (TPSA) is 69.9 Å². The van der Waals surface area contributed by atoms with Crippen LogP contribution in [0.5, 0.6) is 0 Å². The Bertz CT molecular complexity index is 4140. The van der Waals surface area contributed by atoms with Gasteiger partial charge in [0.1, 0.15) is 22.3 Å². The molecule has 6 nitrogen and oxygen atoms in total.